The maximum atomic E-state index is 3.82. The maximum absolute atomic E-state index is 3.82. The van der Waals surface area contributed by atoms with E-state index in [9.17, 15) is 0 Å². The summed E-state index contributed by atoms with van der Waals surface area (Å²) in [5.41, 5.74) is 3.10. The van der Waals surface area contributed by atoms with Crippen LogP contribution in [0, 0.1) is 0 Å². The normalized spacial score (nSPS) is 16.5. The van der Waals surface area contributed by atoms with Gasteiger partial charge >= 0.3 is 0 Å². The van der Waals surface area contributed by atoms with E-state index in [1.54, 1.807) is 11.1 Å². The first-order valence-corrected chi connectivity index (χ1v) is 8.12. The van der Waals surface area contributed by atoms with E-state index in [2.05, 4.69) is 43.4 Å². The van der Waals surface area contributed by atoms with Gasteiger partial charge < -0.3 is 5.32 Å². The average molecular weight is 259 g/mol. The zero-order valence-corrected chi connectivity index (χ0v) is 12.6. The van der Waals surface area contributed by atoms with Gasteiger partial charge in [-0.15, -0.1) is 0 Å². The molecule has 1 aliphatic rings. The lowest BCUT2D eigenvalue weighted by Gasteiger charge is -2.19. The second-order valence-electron chi connectivity index (χ2n) is 6.14. The minimum absolute atomic E-state index is 0.668. The van der Waals surface area contributed by atoms with Gasteiger partial charge in [-0.1, -0.05) is 63.3 Å². The minimum Gasteiger partial charge on any atom is -0.311 e. The number of hydrogen-bond acceptors (Lipinski definition) is 1. The summed E-state index contributed by atoms with van der Waals surface area (Å²) in [5.74, 6) is 0. The van der Waals surface area contributed by atoms with Crippen molar-refractivity contribution in [3.63, 3.8) is 0 Å². The summed E-state index contributed by atoms with van der Waals surface area (Å²) in [7, 11) is 0. The predicted octanol–water partition coefficient (Wildman–Crippen LogP) is 4.49. The third-order valence-electron chi connectivity index (χ3n) is 4.31. The summed E-state index contributed by atoms with van der Waals surface area (Å²) in [6, 6.07) is 10.2. The van der Waals surface area contributed by atoms with Crippen LogP contribution in [0.1, 0.15) is 63.5 Å². The zero-order chi connectivity index (χ0) is 13.5. The second kappa shape index (κ2) is 7.69. The monoisotopic (exact) mass is 259 g/mol. The molecule has 0 amide bonds. The van der Waals surface area contributed by atoms with Crippen LogP contribution in [-0.2, 0) is 12.8 Å². The predicted molar refractivity (Wildman–Crippen MR) is 83.6 cm³/mol. The van der Waals surface area contributed by atoms with E-state index >= 15 is 0 Å². The Labute approximate surface area is 118 Å². The fraction of sp³-hybridized carbons (Fsp3) is 0.667. The molecule has 1 N–H and O–H groups in total. The summed E-state index contributed by atoms with van der Waals surface area (Å²) in [5, 5.41) is 3.82. The van der Waals surface area contributed by atoms with Gasteiger partial charge in [-0.2, -0.15) is 0 Å². The van der Waals surface area contributed by atoms with Crippen LogP contribution in [-0.4, -0.2) is 12.1 Å². The van der Waals surface area contributed by atoms with Crippen LogP contribution in [0.5, 0.6) is 0 Å². The van der Waals surface area contributed by atoms with E-state index < -0.39 is 0 Å². The van der Waals surface area contributed by atoms with E-state index in [-0.39, 0.29) is 0 Å². The highest BCUT2D eigenvalue weighted by Gasteiger charge is 2.21. The van der Waals surface area contributed by atoms with Gasteiger partial charge in [0.25, 0.3) is 0 Å². The molecule has 1 nitrogen and oxygen atoms in total. The first-order chi connectivity index (χ1) is 9.29. The van der Waals surface area contributed by atoms with Crippen molar-refractivity contribution in [3.8, 4) is 0 Å². The molecule has 1 atom stereocenters. The molecule has 0 saturated heterocycles. The fourth-order valence-corrected chi connectivity index (χ4v) is 3.22. The lowest BCUT2D eigenvalue weighted by Crippen LogP contribution is -2.37. The van der Waals surface area contributed by atoms with Gasteiger partial charge in [0.05, 0.1) is 0 Å². The molecule has 0 aliphatic heterocycles. The number of rotatable bonds is 8. The smallest absolute Gasteiger partial charge is 0.0150 e. The Kier molecular flexibility index (Phi) is 5.91. The molecule has 1 aromatic rings. The average Bonchev–Trinajstić information content (AvgIpc) is 2.80. The molecular weight excluding hydrogens is 230 g/mol. The highest BCUT2D eigenvalue weighted by Crippen LogP contribution is 2.22. The topological polar surface area (TPSA) is 12.0 Å². The van der Waals surface area contributed by atoms with Gasteiger partial charge in [-0.05, 0) is 37.3 Å². The highest BCUT2D eigenvalue weighted by atomic mass is 14.9. The van der Waals surface area contributed by atoms with Crippen molar-refractivity contribution in [1.82, 2.24) is 5.32 Å². The van der Waals surface area contributed by atoms with E-state index in [1.807, 2.05) is 0 Å². The van der Waals surface area contributed by atoms with Crippen LogP contribution >= 0.6 is 0 Å². The Bertz CT molecular complexity index is 347. The first-order valence-electron chi connectivity index (χ1n) is 8.12. The Balaban J connectivity index is 1.63. The summed E-state index contributed by atoms with van der Waals surface area (Å²) in [6.07, 6.45) is 10.7. The first kappa shape index (κ1) is 14.6. The fourth-order valence-electron chi connectivity index (χ4n) is 3.22. The molecule has 2 rings (SSSR count). The van der Waals surface area contributed by atoms with E-state index in [4.69, 9.17) is 0 Å². The standard InChI is InChI=1S/C18H29N/c1-3-4-5-6-7-10-15(2)19-18-13-16-11-8-9-12-17(16)14-18/h8-9,11-12,15,18-19H,3-7,10,13-14H2,1-2H3. The Morgan fingerprint density at radius 3 is 2.32 bits per heavy atom. The number of fused-ring (bicyclic) bond motifs is 1. The maximum Gasteiger partial charge on any atom is 0.0150 e. The van der Waals surface area contributed by atoms with Crippen molar-refractivity contribution < 1.29 is 0 Å². The molecular formula is C18H29N. The number of hydrogen-bond donors (Lipinski definition) is 1. The summed E-state index contributed by atoms with van der Waals surface area (Å²) >= 11 is 0. The van der Waals surface area contributed by atoms with Crippen LogP contribution in [0.2, 0.25) is 0 Å². The molecule has 0 bridgehead atoms. The van der Waals surface area contributed by atoms with Crippen LogP contribution in [0.25, 0.3) is 0 Å². The lowest BCUT2D eigenvalue weighted by molar-refractivity contribution is 0.421. The van der Waals surface area contributed by atoms with Crippen LogP contribution in [0.3, 0.4) is 0 Å². The quantitative estimate of drug-likeness (QED) is 0.678. The molecule has 0 saturated carbocycles. The molecule has 0 radical (unpaired) electrons. The molecule has 19 heavy (non-hydrogen) atoms. The van der Waals surface area contributed by atoms with Gasteiger partial charge in [0, 0.05) is 12.1 Å². The van der Waals surface area contributed by atoms with Crippen LogP contribution in [0.15, 0.2) is 24.3 Å². The van der Waals surface area contributed by atoms with Crippen molar-refractivity contribution in [3.05, 3.63) is 35.4 Å². The summed E-state index contributed by atoms with van der Waals surface area (Å²) in [4.78, 5) is 0. The lowest BCUT2D eigenvalue weighted by atomic mass is 10.1. The second-order valence-corrected chi connectivity index (χ2v) is 6.14. The van der Waals surface area contributed by atoms with Crippen LogP contribution < -0.4 is 5.32 Å². The van der Waals surface area contributed by atoms with Crippen molar-refractivity contribution >= 4 is 0 Å². The van der Waals surface area contributed by atoms with Gasteiger partial charge in [0.2, 0.25) is 0 Å². The van der Waals surface area contributed by atoms with Crippen molar-refractivity contribution in [1.29, 1.82) is 0 Å². The number of benzene rings is 1. The zero-order valence-electron chi connectivity index (χ0n) is 12.6. The van der Waals surface area contributed by atoms with Crippen molar-refractivity contribution in [2.45, 2.75) is 77.3 Å². The molecule has 0 heterocycles. The number of unbranched alkanes of at least 4 members (excludes halogenated alkanes) is 4. The summed E-state index contributed by atoms with van der Waals surface area (Å²) < 4.78 is 0. The molecule has 106 valence electrons. The van der Waals surface area contributed by atoms with E-state index in [0.29, 0.717) is 12.1 Å². The Morgan fingerprint density at radius 1 is 1.05 bits per heavy atom. The van der Waals surface area contributed by atoms with Gasteiger partial charge in [0.15, 0.2) is 0 Å². The Morgan fingerprint density at radius 2 is 1.68 bits per heavy atom. The van der Waals surface area contributed by atoms with Gasteiger partial charge in [-0.3, -0.25) is 0 Å². The molecule has 0 fully saturated rings. The third-order valence-corrected chi connectivity index (χ3v) is 4.31. The summed E-state index contributed by atoms with van der Waals surface area (Å²) in [6.45, 7) is 4.63. The van der Waals surface area contributed by atoms with Crippen molar-refractivity contribution in [2.24, 2.45) is 0 Å². The minimum atomic E-state index is 0.668. The molecule has 1 heteroatoms. The van der Waals surface area contributed by atoms with Crippen LogP contribution in [0.4, 0.5) is 0 Å². The van der Waals surface area contributed by atoms with E-state index in [1.165, 1.54) is 51.4 Å². The number of nitrogens with one attached hydrogen (secondary N) is 1. The Hall–Kier alpha value is -0.820. The molecule has 0 spiro atoms. The molecule has 1 unspecified atom stereocenters. The van der Waals surface area contributed by atoms with Crippen molar-refractivity contribution in [2.75, 3.05) is 0 Å². The largest absolute Gasteiger partial charge is 0.311 e. The molecule has 1 aromatic carbocycles. The molecule has 1 aliphatic carbocycles. The van der Waals surface area contributed by atoms with Gasteiger partial charge in [0.1, 0.15) is 0 Å². The van der Waals surface area contributed by atoms with Gasteiger partial charge in [-0.25, -0.2) is 0 Å². The third kappa shape index (κ3) is 4.65. The molecule has 0 aromatic heterocycles. The SMILES string of the molecule is CCCCCCCC(C)NC1Cc2ccccc2C1. The van der Waals surface area contributed by atoms with E-state index in [0.717, 1.165) is 0 Å². The highest BCUT2D eigenvalue weighted by molar-refractivity contribution is 5.33.